The predicted octanol–water partition coefficient (Wildman–Crippen LogP) is 4.76. The lowest BCUT2D eigenvalue weighted by Crippen LogP contribution is -2.24. The summed E-state index contributed by atoms with van der Waals surface area (Å²) in [6, 6.07) is 9.46. The maximum absolute atomic E-state index is 13.7. The molecule has 21 heavy (non-hydrogen) atoms. The summed E-state index contributed by atoms with van der Waals surface area (Å²) >= 11 is 0. The van der Waals surface area contributed by atoms with Gasteiger partial charge in [0.2, 0.25) is 0 Å². The quantitative estimate of drug-likeness (QED) is 0.854. The molecule has 2 rings (SSSR count). The highest BCUT2D eigenvalue weighted by molar-refractivity contribution is 5.46. The Balaban J connectivity index is 2.61. The van der Waals surface area contributed by atoms with Crippen molar-refractivity contribution >= 4 is 0 Å². The van der Waals surface area contributed by atoms with Gasteiger partial charge in [0, 0.05) is 0 Å². The van der Waals surface area contributed by atoms with E-state index in [2.05, 4.69) is 45.1 Å². The Morgan fingerprint density at radius 1 is 0.952 bits per heavy atom. The van der Waals surface area contributed by atoms with Crippen molar-refractivity contribution in [3.8, 4) is 0 Å². The molecule has 0 aliphatic rings. The van der Waals surface area contributed by atoms with Gasteiger partial charge in [0.25, 0.3) is 0 Å². The zero-order chi connectivity index (χ0) is 15.6. The first-order valence-electron chi connectivity index (χ1n) is 7.51. The first-order valence-corrected chi connectivity index (χ1v) is 7.51. The van der Waals surface area contributed by atoms with Gasteiger partial charge >= 0.3 is 0 Å². The molecule has 2 heteroatoms. The van der Waals surface area contributed by atoms with Gasteiger partial charge in [-0.2, -0.15) is 0 Å². The zero-order valence-electron chi connectivity index (χ0n) is 13.5. The molecule has 112 valence electrons. The molecule has 1 N–H and O–H groups in total. The minimum atomic E-state index is -0.180. The summed E-state index contributed by atoms with van der Waals surface area (Å²) in [6.07, 6.45) is 0. The maximum Gasteiger partial charge on any atom is 0.123 e. The summed E-state index contributed by atoms with van der Waals surface area (Å²) in [6.45, 7) is 11.3. The molecule has 0 spiro atoms. The normalized spacial score (nSPS) is 12.5. The average molecular weight is 285 g/mol. The summed E-state index contributed by atoms with van der Waals surface area (Å²) in [5.41, 5.74) is 7.16. The molecule has 0 saturated carbocycles. The third-order valence-electron chi connectivity index (χ3n) is 3.99. The molecule has 2 aromatic carbocycles. The van der Waals surface area contributed by atoms with Gasteiger partial charge in [0.15, 0.2) is 0 Å². The number of benzene rings is 2. The molecule has 0 bridgehead atoms. The number of nitrogens with one attached hydrogen (secondary N) is 1. The van der Waals surface area contributed by atoms with E-state index >= 15 is 0 Å². The smallest absolute Gasteiger partial charge is 0.123 e. The summed E-state index contributed by atoms with van der Waals surface area (Å²) in [4.78, 5) is 0. The van der Waals surface area contributed by atoms with E-state index < -0.39 is 0 Å². The van der Waals surface area contributed by atoms with Crippen molar-refractivity contribution in [3.63, 3.8) is 0 Å². The lowest BCUT2D eigenvalue weighted by atomic mass is 9.88. The number of rotatable bonds is 4. The Labute approximate surface area is 127 Å². The van der Waals surface area contributed by atoms with Crippen molar-refractivity contribution in [1.82, 2.24) is 5.32 Å². The van der Waals surface area contributed by atoms with Crippen LogP contribution in [0.3, 0.4) is 0 Å². The van der Waals surface area contributed by atoms with Crippen LogP contribution in [0.4, 0.5) is 4.39 Å². The second-order valence-electron chi connectivity index (χ2n) is 5.80. The van der Waals surface area contributed by atoms with Crippen LogP contribution in [0.1, 0.15) is 46.3 Å². The van der Waals surface area contributed by atoms with Crippen LogP contribution in [0.5, 0.6) is 0 Å². The number of hydrogen-bond donors (Lipinski definition) is 1. The van der Waals surface area contributed by atoms with E-state index in [0.29, 0.717) is 0 Å². The fourth-order valence-electron chi connectivity index (χ4n) is 3.14. The van der Waals surface area contributed by atoms with Crippen LogP contribution in [0.2, 0.25) is 0 Å². The maximum atomic E-state index is 13.7. The molecule has 0 amide bonds. The lowest BCUT2D eigenvalue weighted by molar-refractivity contribution is 0.597. The largest absolute Gasteiger partial charge is 0.307 e. The summed E-state index contributed by atoms with van der Waals surface area (Å²) in [5.74, 6) is -0.180. The summed E-state index contributed by atoms with van der Waals surface area (Å²) in [7, 11) is 0. The molecule has 0 fully saturated rings. The van der Waals surface area contributed by atoms with E-state index in [-0.39, 0.29) is 11.9 Å². The van der Waals surface area contributed by atoms with Crippen molar-refractivity contribution in [1.29, 1.82) is 0 Å². The molecular weight excluding hydrogens is 261 g/mol. The van der Waals surface area contributed by atoms with Crippen LogP contribution in [-0.4, -0.2) is 6.54 Å². The Hall–Kier alpha value is -1.67. The van der Waals surface area contributed by atoms with E-state index in [1.165, 1.54) is 28.3 Å². The van der Waals surface area contributed by atoms with Crippen molar-refractivity contribution in [2.45, 2.75) is 40.7 Å². The third-order valence-corrected chi connectivity index (χ3v) is 3.99. The highest BCUT2D eigenvalue weighted by atomic mass is 19.1. The molecule has 0 aliphatic heterocycles. The first-order chi connectivity index (χ1) is 9.93. The summed E-state index contributed by atoms with van der Waals surface area (Å²) in [5, 5.41) is 3.52. The fourth-order valence-corrected chi connectivity index (χ4v) is 3.14. The molecule has 2 aromatic rings. The SMILES string of the molecule is CCNC(c1cc(F)ccc1C)c1c(C)cc(C)cc1C. The highest BCUT2D eigenvalue weighted by Crippen LogP contribution is 2.31. The molecule has 1 nitrogen and oxygen atoms in total. The van der Waals surface area contributed by atoms with Crippen LogP contribution in [-0.2, 0) is 0 Å². The third kappa shape index (κ3) is 3.33. The van der Waals surface area contributed by atoms with Gasteiger partial charge in [-0.1, -0.05) is 30.7 Å². The van der Waals surface area contributed by atoms with Gasteiger partial charge in [-0.25, -0.2) is 4.39 Å². The van der Waals surface area contributed by atoms with Crippen LogP contribution in [0.15, 0.2) is 30.3 Å². The van der Waals surface area contributed by atoms with E-state index in [0.717, 1.165) is 17.7 Å². The Bertz CT molecular complexity index is 623. The lowest BCUT2D eigenvalue weighted by Gasteiger charge is -2.25. The Morgan fingerprint density at radius 3 is 2.14 bits per heavy atom. The molecule has 0 saturated heterocycles. The second-order valence-corrected chi connectivity index (χ2v) is 5.80. The van der Waals surface area contributed by atoms with Gasteiger partial charge in [-0.3, -0.25) is 0 Å². The molecule has 0 heterocycles. The van der Waals surface area contributed by atoms with Crippen molar-refractivity contribution < 1.29 is 4.39 Å². The van der Waals surface area contributed by atoms with Crippen LogP contribution >= 0.6 is 0 Å². The van der Waals surface area contributed by atoms with Gasteiger partial charge in [0.1, 0.15) is 5.82 Å². The van der Waals surface area contributed by atoms with E-state index in [1.54, 1.807) is 6.07 Å². The highest BCUT2D eigenvalue weighted by Gasteiger charge is 2.20. The molecule has 1 unspecified atom stereocenters. The van der Waals surface area contributed by atoms with E-state index in [9.17, 15) is 4.39 Å². The summed E-state index contributed by atoms with van der Waals surface area (Å²) < 4.78 is 13.7. The van der Waals surface area contributed by atoms with Gasteiger partial charge in [0.05, 0.1) is 6.04 Å². The van der Waals surface area contributed by atoms with Gasteiger partial charge < -0.3 is 5.32 Å². The van der Waals surface area contributed by atoms with Crippen LogP contribution < -0.4 is 5.32 Å². The fraction of sp³-hybridized carbons (Fsp3) is 0.368. The topological polar surface area (TPSA) is 12.0 Å². The standard InChI is InChI=1S/C19H24FN/c1-6-21-19(17-11-16(20)8-7-13(17)3)18-14(4)9-12(2)10-15(18)5/h7-11,19,21H,6H2,1-5H3. The van der Waals surface area contributed by atoms with Crippen molar-refractivity contribution in [2.75, 3.05) is 6.54 Å². The monoisotopic (exact) mass is 285 g/mol. The van der Waals surface area contributed by atoms with Gasteiger partial charge in [-0.15, -0.1) is 0 Å². The Morgan fingerprint density at radius 2 is 1.57 bits per heavy atom. The van der Waals surface area contributed by atoms with E-state index in [1.807, 2.05) is 13.0 Å². The van der Waals surface area contributed by atoms with Gasteiger partial charge in [-0.05, 0) is 74.2 Å². The molecule has 1 atom stereocenters. The minimum absolute atomic E-state index is 0.0336. The van der Waals surface area contributed by atoms with Crippen LogP contribution in [0, 0.1) is 33.5 Å². The van der Waals surface area contributed by atoms with Crippen molar-refractivity contribution in [2.24, 2.45) is 0 Å². The number of aryl methyl sites for hydroxylation is 4. The number of halogens is 1. The molecule has 0 aromatic heterocycles. The van der Waals surface area contributed by atoms with E-state index in [4.69, 9.17) is 0 Å². The molecule has 0 aliphatic carbocycles. The zero-order valence-corrected chi connectivity index (χ0v) is 13.5. The van der Waals surface area contributed by atoms with Crippen LogP contribution in [0.25, 0.3) is 0 Å². The average Bonchev–Trinajstić information content (AvgIpc) is 2.39. The van der Waals surface area contributed by atoms with Crippen molar-refractivity contribution in [3.05, 3.63) is 69.5 Å². The Kier molecular flexibility index (Phi) is 4.79. The second kappa shape index (κ2) is 6.40. The predicted molar refractivity (Wildman–Crippen MR) is 87.3 cm³/mol. The molecular formula is C19H24FN. The first kappa shape index (κ1) is 15.7. The molecule has 0 radical (unpaired) electrons. The number of hydrogen-bond acceptors (Lipinski definition) is 1. The minimum Gasteiger partial charge on any atom is -0.307 e.